The van der Waals surface area contributed by atoms with Crippen LogP contribution in [-0.4, -0.2) is 6.29 Å². The molecule has 0 atom stereocenters. The lowest BCUT2D eigenvalue weighted by atomic mass is 9.92. The average Bonchev–Trinajstić information content (AvgIpc) is 2.54. The fourth-order valence-electron chi connectivity index (χ4n) is 2.61. The van der Waals surface area contributed by atoms with Crippen molar-refractivity contribution in [3.05, 3.63) is 71.8 Å². The third-order valence-electron chi connectivity index (χ3n) is 3.61. The number of hydrogen-bond donors (Lipinski definition) is 0. The summed E-state index contributed by atoms with van der Waals surface area (Å²) in [5.74, 6) is 0. The summed E-state index contributed by atoms with van der Waals surface area (Å²) in [5.41, 5.74) is 3.41. The van der Waals surface area contributed by atoms with Crippen LogP contribution in [0.3, 0.4) is 0 Å². The number of aldehydes is 1. The first-order valence-electron chi connectivity index (χ1n) is 6.78. The molecule has 0 saturated carbocycles. The Hall–Kier alpha value is -2.92. The molecule has 0 aliphatic carbocycles. The topological polar surface area (TPSA) is 40.9 Å². The highest BCUT2D eigenvalue weighted by atomic mass is 16.1. The molecule has 0 N–H and O–H groups in total. The highest BCUT2D eigenvalue weighted by Crippen LogP contribution is 2.31. The molecule has 0 aliphatic rings. The zero-order chi connectivity index (χ0) is 14.7. The predicted octanol–water partition coefficient (Wildman–Crippen LogP) is 4.12. The van der Waals surface area contributed by atoms with Gasteiger partial charge in [0, 0.05) is 6.42 Å². The molecule has 2 heteroatoms. The van der Waals surface area contributed by atoms with Crippen molar-refractivity contribution in [2.75, 3.05) is 0 Å². The summed E-state index contributed by atoms with van der Waals surface area (Å²) >= 11 is 0. The fraction of sp³-hybridized carbons (Fsp3) is 0.0526. The second-order valence-electron chi connectivity index (χ2n) is 4.88. The summed E-state index contributed by atoms with van der Waals surface area (Å²) in [7, 11) is 0. The van der Waals surface area contributed by atoms with Gasteiger partial charge in [0.05, 0.1) is 11.6 Å². The van der Waals surface area contributed by atoms with Gasteiger partial charge in [-0.05, 0) is 39.6 Å². The van der Waals surface area contributed by atoms with E-state index >= 15 is 0 Å². The Morgan fingerprint density at radius 2 is 1.57 bits per heavy atom. The maximum Gasteiger partial charge on any atom is 0.124 e. The Kier molecular flexibility index (Phi) is 3.49. The minimum atomic E-state index is 0.347. The van der Waals surface area contributed by atoms with E-state index in [-0.39, 0.29) is 0 Å². The number of benzene rings is 3. The van der Waals surface area contributed by atoms with E-state index in [1.807, 2.05) is 48.5 Å². The van der Waals surface area contributed by atoms with Gasteiger partial charge in [-0.25, -0.2) is 0 Å². The second-order valence-corrected chi connectivity index (χ2v) is 4.88. The normalized spacial score (nSPS) is 10.2. The molecule has 0 heterocycles. The molecule has 0 unspecified atom stereocenters. The molecule has 0 radical (unpaired) electrons. The molecule has 100 valence electrons. The zero-order valence-corrected chi connectivity index (χ0v) is 11.4. The van der Waals surface area contributed by atoms with Crippen molar-refractivity contribution >= 4 is 17.1 Å². The van der Waals surface area contributed by atoms with Gasteiger partial charge in [0.2, 0.25) is 0 Å². The van der Waals surface area contributed by atoms with E-state index < -0.39 is 0 Å². The van der Waals surface area contributed by atoms with Crippen molar-refractivity contribution in [2.24, 2.45) is 0 Å². The van der Waals surface area contributed by atoms with Crippen LogP contribution >= 0.6 is 0 Å². The molecule has 3 rings (SSSR count). The highest BCUT2D eigenvalue weighted by Gasteiger charge is 2.10. The number of nitriles is 1. The van der Waals surface area contributed by atoms with Crippen LogP contribution in [-0.2, 0) is 11.2 Å². The van der Waals surface area contributed by atoms with Crippen molar-refractivity contribution in [3.8, 4) is 17.2 Å². The van der Waals surface area contributed by atoms with Crippen LogP contribution in [0, 0.1) is 11.3 Å². The number of nitrogens with zero attached hydrogens (tertiary/aromatic N) is 1. The quantitative estimate of drug-likeness (QED) is 0.672. The van der Waals surface area contributed by atoms with Crippen molar-refractivity contribution in [2.45, 2.75) is 6.42 Å². The maximum atomic E-state index is 11.0. The van der Waals surface area contributed by atoms with Crippen LogP contribution in [0.2, 0.25) is 0 Å². The van der Waals surface area contributed by atoms with Crippen LogP contribution in [0.1, 0.15) is 11.1 Å². The number of carbonyl (C=O) groups excluding carboxylic acids is 1. The van der Waals surface area contributed by atoms with Crippen LogP contribution in [0.5, 0.6) is 0 Å². The minimum absolute atomic E-state index is 0.347. The fourth-order valence-corrected chi connectivity index (χ4v) is 2.61. The van der Waals surface area contributed by atoms with Crippen molar-refractivity contribution in [3.63, 3.8) is 0 Å². The number of rotatable bonds is 3. The first-order valence-corrected chi connectivity index (χ1v) is 6.78. The van der Waals surface area contributed by atoms with Gasteiger partial charge >= 0.3 is 0 Å². The Balaban J connectivity index is 2.32. The molecule has 21 heavy (non-hydrogen) atoms. The maximum absolute atomic E-state index is 11.0. The molecule has 0 aromatic heterocycles. The van der Waals surface area contributed by atoms with Crippen LogP contribution in [0.15, 0.2) is 60.7 Å². The number of hydrogen-bond acceptors (Lipinski definition) is 2. The molecule has 0 saturated heterocycles. The van der Waals surface area contributed by atoms with Gasteiger partial charge in [0.1, 0.15) is 6.29 Å². The lowest BCUT2D eigenvalue weighted by Crippen LogP contribution is -1.94. The van der Waals surface area contributed by atoms with E-state index in [1.54, 1.807) is 6.07 Å². The van der Waals surface area contributed by atoms with Gasteiger partial charge < -0.3 is 4.79 Å². The monoisotopic (exact) mass is 271 g/mol. The number of fused-ring (bicyclic) bond motifs is 1. The lowest BCUT2D eigenvalue weighted by Gasteiger charge is -2.11. The van der Waals surface area contributed by atoms with Gasteiger partial charge in [-0.1, -0.05) is 48.5 Å². The zero-order valence-electron chi connectivity index (χ0n) is 11.4. The van der Waals surface area contributed by atoms with Gasteiger partial charge in [0.25, 0.3) is 0 Å². The van der Waals surface area contributed by atoms with E-state index in [0.29, 0.717) is 12.0 Å². The largest absolute Gasteiger partial charge is 0.303 e. The highest BCUT2D eigenvalue weighted by molar-refractivity contribution is 5.91. The minimum Gasteiger partial charge on any atom is -0.303 e. The van der Waals surface area contributed by atoms with Crippen molar-refractivity contribution in [1.29, 1.82) is 5.26 Å². The third kappa shape index (κ3) is 2.42. The van der Waals surface area contributed by atoms with Crippen LogP contribution in [0.4, 0.5) is 0 Å². The van der Waals surface area contributed by atoms with Gasteiger partial charge in [-0.2, -0.15) is 5.26 Å². The SMILES string of the molecule is N#Cc1ccccc1-c1cc2ccccc2cc1CC=O. The molecule has 3 aromatic carbocycles. The summed E-state index contributed by atoms with van der Waals surface area (Å²) < 4.78 is 0. The standard InChI is InChI=1S/C19H13NO/c20-13-17-7-3-4-8-18(17)19-12-15-6-2-1-5-14(15)11-16(19)9-10-21/h1-8,10-12H,9H2. The molecule has 2 nitrogen and oxygen atoms in total. The van der Waals surface area contributed by atoms with E-state index in [4.69, 9.17) is 0 Å². The van der Waals surface area contributed by atoms with E-state index in [9.17, 15) is 10.1 Å². The summed E-state index contributed by atoms with van der Waals surface area (Å²) in [6, 6.07) is 21.9. The van der Waals surface area contributed by atoms with Crippen molar-refractivity contribution in [1.82, 2.24) is 0 Å². The molecule has 3 aromatic rings. The Labute approximate surface area is 123 Å². The molecule has 0 amide bonds. The molecule has 0 bridgehead atoms. The summed E-state index contributed by atoms with van der Waals surface area (Å²) in [6.45, 7) is 0. The summed E-state index contributed by atoms with van der Waals surface area (Å²) in [6.07, 6.45) is 1.25. The van der Waals surface area contributed by atoms with Crippen LogP contribution in [0.25, 0.3) is 21.9 Å². The number of carbonyl (C=O) groups is 1. The lowest BCUT2D eigenvalue weighted by molar-refractivity contribution is -0.107. The first-order chi connectivity index (χ1) is 10.3. The summed E-state index contributed by atoms with van der Waals surface area (Å²) in [5, 5.41) is 11.5. The van der Waals surface area contributed by atoms with Gasteiger partial charge in [0.15, 0.2) is 0 Å². The molecule has 0 aliphatic heterocycles. The van der Waals surface area contributed by atoms with E-state index in [1.165, 1.54) is 0 Å². The van der Waals surface area contributed by atoms with Crippen molar-refractivity contribution < 1.29 is 4.79 Å². The summed E-state index contributed by atoms with van der Waals surface area (Å²) in [4.78, 5) is 11.0. The smallest absolute Gasteiger partial charge is 0.124 e. The Morgan fingerprint density at radius 3 is 2.29 bits per heavy atom. The molecule has 0 spiro atoms. The second kappa shape index (κ2) is 5.60. The molecular formula is C19H13NO. The van der Waals surface area contributed by atoms with Crippen LogP contribution < -0.4 is 0 Å². The van der Waals surface area contributed by atoms with E-state index in [0.717, 1.165) is 33.7 Å². The molecule has 0 fully saturated rings. The predicted molar refractivity (Wildman–Crippen MR) is 83.9 cm³/mol. The first kappa shape index (κ1) is 13.1. The van der Waals surface area contributed by atoms with Gasteiger partial charge in [-0.3, -0.25) is 0 Å². The average molecular weight is 271 g/mol. The molecular weight excluding hydrogens is 258 g/mol. The Morgan fingerprint density at radius 1 is 0.905 bits per heavy atom. The third-order valence-corrected chi connectivity index (χ3v) is 3.61. The van der Waals surface area contributed by atoms with E-state index in [2.05, 4.69) is 12.1 Å². The Bertz CT molecular complexity index is 859. The van der Waals surface area contributed by atoms with Gasteiger partial charge in [-0.15, -0.1) is 0 Å².